The molecule has 0 saturated heterocycles. The van der Waals surface area contributed by atoms with Gasteiger partial charge < -0.3 is 4.42 Å². The second-order valence-electron chi connectivity index (χ2n) is 4.30. The zero-order chi connectivity index (χ0) is 15.6. The van der Waals surface area contributed by atoms with Crippen molar-refractivity contribution in [1.82, 2.24) is 9.71 Å². The van der Waals surface area contributed by atoms with Crippen LogP contribution in [0.25, 0.3) is 0 Å². The van der Waals surface area contributed by atoms with Crippen LogP contribution in [0.3, 0.4) is 0 Å². The standard InChI is InChI=1S/C13H12FN3O3S/c1-8-9(2)20-13(17-8)7-16-21(18,19)12-5-3-4-11(14)10(12)6-15/h3-5,16H,7H2,1-2H3. The SMILES string of the molecule is Cc1nc(CNS(=O)(=O)c2cccc(F)c2C#N)oc1C. The van der Waals surface area contributed by atoms with Crippen molar-refractivity contribution in [3.63, 3.8) is 0 Å². The Morgan fingerprint density at radius 3 is 2.71 bits per heavy atom. The Kier molecular flexibility index (Phi) is 4.06. The van der Waals surface area contributed by atoms with Gasteiger partial charge in [0.2, 0.25) is 15.9 Å². The lowest BCUT2D eigenvalue weighted by Crippen LogP contribution is -2.24. The number of nitrogens with one attached hydrogen (secondary N) is 1. The molecule has 6 nitrogen and oxygen atoms in total. The van der Waals surface area contributed by atoms with Crippen LogP contribution < -0.4 is 4.72 Å². The predicted octanol–water partition coefficient (Wildman–Crippen LogP) is 1.78. The fourth-order valence-corrected chi connectivity index (χ4v) is 2.82. The topological polar surface area (TPSA) is 96.0 Å². The van der Waals surface area contributed by atoms with Crippen molar-refractivity contribution in [2.24, 2.45) is 0 Å². The maximum atomic E-state index is 13.5. The Bertz CT molecular complexity index is 802. The van der Waals surface area contributed by atoms with Gasteiger partial charge >= 0.3 is 0 Å². The van der Waals surface area contributed by atoms with E-state index in [4.69, 9.17) is 9.68 Å². The molecule has 1 aromatic heterocycles. The van der Waals surface area contributed by atoms with Gasteiger partial charge in [0.1, 0.15) is 28.1 Å². The fourth-order valence-electron chi connectivity index (χ4n) is 1.69. The number of benzene rings is 1. The third kappa shape index (κ3) is 3.09. The smallest absolute Gasteiger partial charge is 0.242 e. The predicted molar refractivity (Wildman–Crippen MR) is 71.1 cm³/mol. The number of sulfonamides is 1. The maximum Gasteiger partial charge on any atom is 0.242 e. The van der Waals surface area contributed by atoms with E-state index in [-0.39, 0.29) is 12.4 Å². The number of hydrogen-bond donors (Lipinski definition) is 1. The molecule has 1 N–H and O–H groups in total. The zero-order valence-corrected chi connectivity index (χ0v) is 12.2. The van der Waals surface area contributed by atoms with Crippen LogP contribution in [-0.4, -0.2) is 13.4 Å². The highest BCUT2D eigenvalue weighted by Crippen LogP contribution is 2.18. The summed E-state index contributed by atoms with van der Waals surface area (Å²) in [5.74, 6) is -0.0978. The molecule has 0 saturated carbocycles. The monoisotopic (exact) mass is 309 g/mol. The maximum absolute atomic E-state index is 13.5. The highest BCUT2D eigenvalue weighted by atomic mass is 32.2. The lowest BCUT2D eigenvalue weighted by atomic mass is 10.2. The summed E-state index contributed by atoms with van der Waals surface area (Å²) in [6, 6.07) is 4.96. The molecule has 0 aliphatic heterocycles. The van der Waals surface area contributed by atoms with E-state index < -0.39 is 26.3 Å². The van der Waals surface area contributed by atoms with Crippen LogP contribution in [0.15, 0.2) is 27.5 Å². The molecule has 0 atom stereocenters. The lowest BCUT2D eigenvalue weighted by molar-refractivity contribution is 0.463. The van der Waals surface area contributed by atoms with E-state index >= 15 is 0 Å². The first kappa shape index (κ1) is 15.2. The lowest BCUT2D eigenvalue weighted by Gasteiger charge is -2.07. The molecule has 0 fully saturated rings. The van der Waals surface area contributed by atoms with Crippen molar-refractivity contribution in [2.75, 3.05) is 0 Å². The van der Waals surface area contributed by atoms with Gasteiger partial charge in [0.15, 0.2) is 0 Å². The second kappa shape index (κ2) is 5.63. The van der Waals surface area contributed by atoms with Gasteiger partial charge in [-0.1, -0.05) is 6.07 Å². The molecule has 0 spiro atoms. The molecule has 0 aliphatic rings. The van der Waals surface area contributed by atoms with Crippen molar-refractivity contribution in [3.05, 3.63) is 46.9 Å². The Hall–Kier alpha value is -2.24. The van der Waals surface area contributed by atoms with Crippen molar-refractivity contribution in [2.45, 2.75) is 25.3 Å². The van der Waals surface area contributed by atoms with Crippen LogP contribution in [0.4, 0.5) is 4.39 Å². The van der Waals surface area contributed by atoms with Gasteiger partial charge in [0, 0.05) is 0 Å². The van der Waals surface area contributed by atoms with Gasteiger partial charge in [-0.05, 0) is 26.0 Å². The van der Waals surface area contributed by atoms with Crippen LogP contribution in [0, 0.1) is 31.0 Å². The Morgan fingerprint density at radius 2 is 2.14 bits per heavy atom. The summed E-state index contributed by atoms with van der Waals surface area (Å²) in [6.45, 7) is 3.26. The first-order valence-electron chi connectivity index (χ1n) is 5.96. The van der Waals surface area contributed by atoms with Crippen LogP contribution in [-0.2, 0) is 16.6 Å². The minimum absolute atomic E-state index is 0.182. The van der Waals surface area contributed by atoms with Crippen molar-refractivity contribution >= 4 is 10.0 Å². The average molecular weight is 309 g/mol. The molecule has 8 heteroatoms. The Labute approximate surface area is 121 Å². The molecular weight excluding hydrogens is 297 g/mol. The van der Waals surface area contributed by atoms with Crippen LogP contribution in [0.1, 0.15) is 22.9 Å². The minimum atomic E-state index is -4.04. The van der Waals surface area contributed by atoms with Gasteiger partial charge in [0.25, 0.3) is 0 Å². The third-order valence-corrected chi connectivity index (χ3v) is 4.31. The summed E-state index contributed by atoms with van der Waals surface area (Å²) >= 11 is 0. The number of hydrogen-bond acceptors (Lipinski definition) is 5. The van der Waals surface area contributed by atoms with E-state index in [1.54, 1.807) is 19.9 Å². The summed E-state index contributed by atoms with van der Waals surface area (Å²) in [5, 5.41) is 8.87. The van der Waals surface area contributed by atoms with E-state index in [9.17, 15) is 12.8 Å². The van der Waals surface area contributed by atoms with E-state index in [1.165, 1.54) is 6.07 Å². The molecular formula is C13H12FN3O3S. The van der Waals surface area contributed by atoms with E-state index in [2.05, 4.69) is 9.71 Å². The van der Waals surface area contributed by atoms with E-state index in [1.807, 2.05) is 0 Å². The quantitative estimate of drug-likeness (QED) is 0.928. The minimum Gasteiger partial charge on any atom is -0.444 e. The van der Waals surface area contributed by atoms with Gasteiger partial charge in [0.05, 0.1) is 12.2 Å². The molecule has 1 aromatic carbocycles. The average Bonchev–Trinajstić information content (AvgIpc) is 2.75. The number of halogens is 1. The molecule has 0 aliphatic carbocycles. The highest BCUT2D eigenvalue weighted by molar-refractivity contribution is 7.89. The molecule has 0 unspecified atom stereocenters. The summed E-state index contributed by atoms with van der Waals surface area (Å²) in [6.07, 6.45) is 0. The van der Waals surface area contributed by atoms with Gasteiger partial charge in [-0.2, -0.15) is 5.26 Å². The Balaban J connectivity index is 2.27. The molecule has 1 heterocycles. The first-order chi connectivity index (χ1) is 9.85. The number of nitrogens with zero attached hydrogens (tertiary/aromatic N) is 2. The first-order valence-corrected chi connectivity index (χ1v) is 7.44. The molecule has 0 radical (unpaired) electrons. The van der Waals surface area contributed by atoms with Crippen molar-refractivity contribution in [1.29, 1.82) is 5.26 Å². The second-order valence-corrected chi connectivity index (χ2v) is 6.03. The number of rotatable bonds is 4. The van der Waals surface area contributed by atoms with Crippen molar-refractivity contribution < 1.29 is 17.2 Å². The summed E-state index contributed by atoms with van der Waals surface area (Å²) in [4.78, 5) is 3.62. The van der Waals surface area contributed by atoms with E-state index in [0.717, 1.165) is 12.1 Å². The summed E-state index contributed by atoms with van der Waals surface area (Å²) < 4.78 is 45.2. The van der Waals surface area contributed by atoms with Gasteiger partial charge in [-0.3, -0.25) is 0 Å². The number of oxazole rings is 1. The zero-order valence-electron chi connectivity index (χ0n) is 11.3. The summed E-state index contributed by atoms with van der Waals surface area (Å²) in [5.41, 5.74) is 0.137. The summed E-state index contributed by atoms with van der Waals surface area (Å²) in [7, 11) is -4.04. The largest absolute Gasteiger partial charge is 0.444 e. The molecule has 0 bridgehead atoms. The van der Waals surface area contributed by atoms with Crippen LogP contribution in [0.5, 0.6) is 0 Å². The normalized spacial score (nSPS) is 11.3. The third-order valence-electron chi connectivity index (χ3n) is 2.86. The molecule has 110 valence electrons. The van der Waals surface area contributed by atoms with Crippen molar-refractivity contribution in [3.8, 4) is 6.07 Å². The van der Waals surface area contributed by atoms with Crippen LogP contribution >= 0.6 is 0 Å². The number of nitriles is 1. The van der Waals surface area contributed by atoms with E-state index in [0.29, 0.717) is 11.5 Å². The number of aryl methyl sites for hydroxylation is 2. The highest BCUT2D eigenvalue weighted by Gasteiger charge is 2.21. The molecule has 21 heavy (non-hydrogen) atoms. The fraction of sp³-hybridized carbons (Fsp3) is 0.231. The molecule has 0 amide bonds. The Morgan fingerprint density at radius 1 is 1.43 bits per heavy atom. The molecule has 2 rings (SSSR count). The van der Waals surface area contributed by atoms with Crippen LogP contribution in [0.2, 0.25) is 0 Å². The molecule has 2 aromatic rings. The van der Waals surface area contributed by atoms with Gasteiger partial charge in [-0.25, -0.2) is 22.5 Å². The number of aromatic nitrogens is 1. The van der Waals surface area contributed by atoms with Gasteiger partial charge in [-0.15, -0.1) is 0 Å².